The Kier molecular flexibility index (Phi) is 11.0. The Bertz CT molecular complexity index is 1650. The first-order valence-corrected chi connectivity index (χ1v) is 17.5. The third-order valence-electron chi connectivity index (χ3n) is 8.22. The van der Waals surface area contributed by atoms with Gasteiger partial charge in [0.2, 0.25) is 11.8 Å². The van der Waals surface area contributed by atoms with Crippen LogP contribution in [0.3, 0.4) is 0 Å². The van der Waals surface area contributed by atoms with Gasteiger partial charge in [0.1, 0.15) is 31.6 Å². The molecule has 1 unspecified atom stereocenters. The molecular formula is C33H36Cl2FN3O6S. The lowest BCUT2D eigenvalue weighted by molar-refractivity contribution is -0.140. The van der Waals surface area contributed by atoms with Gasteiger partial charge in [0.15, 0.2) is 11.5 Å². The summed E-state index contributed by atoms with van der Waals surface area (Å²) in [4.78, 5) is 29.3. The van der Waals surface area contributed by atoms with Crippen molar-refractivity contribution in [2.24, 2.45) is 0 Å². The van der Waals surface area contributed by atoms with Gasteiger partial charge >= 0.3 is 0 Å². The smallest absolute Gasteiger partial charge is 0.264 e. The summed E-state index contributed by atoms with van der Waals surface area (Å²) in [6, 6.07) is 12.9. The molecule has 0 spiro atoms. The summed E-state index contributed by atoms with van der Waals surface area (Å²) in [5.41, 5.74) is 0.478. The average molecular weight is 693 g/mol. The van der Waals surface area contributed by atoms with Crippen LogP contribution in [0.1, 0.15) is 51.0 Å². The lowest BCUT2D eigenvalue weighted by Crippen LogP contribution is -2.54. The zero-order valence-corrected chi connectivity index (χ0v) is 27.7. The highest BCUT2D eigenvalue weighted by Gasteiger charge is 2.35. The molecule has 0 radical (unpaired) electrons. The second-order valence-corrected chi connectivity index (χ2v) is 14.0. The molecule has 46 heavy (non-hydrogen) atoms. The van der Waals surface area contributed by atoms with Crippen molar-refractivity contribution < 1.29 is 31.9 Å². The topological polar surface area (TPSA) is 105 Å². The van der Waals surface area contributed by atoms with Crippen LogP contribution in [0.2, 0.25) is 10.0 Å². The van der Waals surface area contributed by atoms with E-state index < -0.39 is 34.3 Å². The van der Waals surface area contributed by atoms with Crippen LogP contribution in [-0.4, -0.2) is 57.0 Å². The van der Waals surface area contributed by atoms with E-state index in [-0.39, 0.29) is 47.9 Å². The zero-order chi connectivity index (χ0) is 32.8. The number of benzene rings is 3. The standard InChI is InChI=1S/C33H36Cl2FN3O6S/c1-2-29(33(41)37-23-7-4-3-5-8-23)38(20-26-27(34)9-6-10-28(26)35)32(40)21-39(24-13-11-22(36)12-14-24)46(42,43)25-15-16-30-31(19-25)45-18-17-44-30/h6,9-16,19,23,29H,2-5,7-8,17-18,20-21H2,1H3,(H,37,41). The van der Waals surface area contributed by atoms with E-state index in [0.29, 0.717) is 28.0 Å². The highest BCUT2D eigenvalue weighted by atomic mass is 35.5. The molecule has 1 N–H and O–H groups in total. The Balaban J connectivity index is 1.52. The number of sulfonamides is 1. The van der Waals surface area contributed by atoms with Crippen molar-refractivity contribution in [3.63, 3.8) is 0 Å². The number of hydrogen-bond donors (Lipinski definition) is 1. The number of halogens is 3. The Labute approximate surface area is 278 Å². The first kappa shape index (κ1) is 33.8. The van der Waals surface area contributed by atoms with E-state index in [1.165, 1.54) is 35.2 Å². The SMILES string of the molecule is CCC(C(=O)NC1CCCCC1)N(Cc1c(Cl)cccc1Cl)C(=O)CN(c1ccc(F)cc1)S(=O)(=O)c1ccc2c(c1)OCCO2. The van der Waals surface area contributed by atoms with Gasteiger partial charge in [-0.15, -0.1) is 0 Å². The average Bonchev–Trinajstić information content (AvgIpc) is 3.05. The van der Waals surface area contributed by atoms with Crippen molar-refractivity contribution in [3.8, 4) is 11.5 Å². The van der Waals surface area contributed by atoms with Crippen molar-refractivity contribution in [2.75, 3.05) is 24.1 Å². The number of rotatable bonds is 11. The summed E-state index contributed by atoms with van der Waals surface area (Å²) >= 11 is 13.0. The Morgan fingerprint density at radius 3 is 2.26 bits per heavy atom. The maximum Gasteiger partial charge on any atom is 0.264 e. The molecule has 1 heterocycles. The van der Waals surface area contributed by atoms with Crippen LogP contribution in [0.5, 0.6) is 11.5 Å². The molecule has 0 saturated heterocycles. The number of anilines is 1. The van der Waals surface area contributed by atoms with Crippen LogP contribution in [0.15, 0.2) is 65.6 Å². The fourth-order valence-electron chi connectivity index (χ4n) is 5.76. The molecule has 13 heteroatoms. The fourth-order valence-corrected chi connectivity index (χ4v) is 7.71. The molecule has 246 valence electrons. The summed E-state index contributed by atoms with van der Waals surface area (Å²) in [5, 5.41) is 3.70. The van der Waals surface area contributed by atoms with E-state index in [0.717, 1.165) is 48.5 Å². The summed E-state index contributed by atoms with van der Waals surface area (Å²) in [6.07, 6.45) is 5.05. The first-order valence-electron chi connectivity index (χ1n) is 15.3. The van der Waals surface area contributed by atoms with Crippen LogP contribution in [0.4, 0.5) is 10.1 Å². The molecule has 5 rings (SSSR count). The highest BCUT2D eigenvalue weighted by molar-refractivity contribution is 7.92. The Morgan fingerprint density at radius 2 is 1.61 bits per heavy atom. The van der Waals surface area contributed by atoms with Crippen LogP contribution in [-0.2, 0) is 26.2 Å². The molecule has 1 saturated carbocycles. The third-order valence-corrected chi connectivity index (χ3v) is 10.7. The van der Waals surface area contributed by atoms with Crippen molar-refractivity contribution in [2.45, 2.75) is 69.0 Å². The molecule has 9 nitrogen and oxygen atoms in total. The fraction of sp³-hybridized carbons (Fsp3) is 0.394. The molecule has 2 amide bonds. The van der Waals surface area contributed by atoms with E-state index in [9.17, 15) is 22.4 Å². The van der Waals surface area contributed by atoms with Gasteiger partial charge < -0.3 is 19.7 Å². The number of carbonyl (C=O) groups is 2. The van der Waals surface area contributed by atoms with E-state index in [1.54, 1.807) is 25.1 Å². The molecule has 1 fully saturated rings. The van der Waals surface area contributed by atoms with Gasteiger partial charge in [-0.05, 0) is 67.8 Å². The zero-order valence-electron chi connectivity index (χ0n) is 25.4. The molecule has 3 aromatic carbocycles. The summed E-state index contributed by atoms with van der Waals surface area (Å²) in [5.74, 6) is -0.946. The molecule has 2 aliphatic rings. The minimum Gasteiger partial charge on any atom is -0.486 e. The minimum atomic E-state index is -4.42. The molecule has 1 atom stereocenters. The van der Waals surface area contributed by atoms with Gasteiger partial charge in [0, 0.05) is 34.3 Å². The summed E-state index contributed by atoms with van der Waals surface area (Å²) in [6.45, 7) is 1.52. The van der Waals surface area contributed by atoms with Crippen LogP contribution in [0.25, 0.3) is 0 Å². The van der Waals surface area contributed by atoms with E-state index in [1.807, 2.05) is 0 Å². The largest absolute Gasteiger partial charge is 0.486 e. The molecule has 1 aliphatic heterocycles. The van der Waals surface area contributed by atoms with Crippen molar-refractivity contribution >= 4 is 50.7 Å². The predicted octanol–water partition coefficient (Wildman–Crippen LogP) is 6.36. The second-order valence-electron chi connectivity index (χ2n) is 11.3. The molecule has 0 bridgehead atoms. The monoisotopic (exact) mass is 691 g/mol. The van der Waals surface area contributed by atoms with Crippen LogP contribution >= 0.6 is 23.2 Å². The lowest BCUT2D eigenvalue weighted by atomic mass is 9.95. The number of amides is 2. The quantitative estimate of drug-likeness (QED) is 0.251. The van der Waals surface area contributed by atoms with Crippen molar-refractivity contribution in [1.29, 1.82) is 0 Å². The Morgan fingerprint density at radius 1 is 0.957 bits per heavy atom. The van der Waals surface area contributed by atoms with Crippen LogP contribution in [0, 0.1) is 5.82 Å². The second kappa shape index (κ2) is 14.9. The van der Waals surface area contributed by atoms with E-state index in [4.69, 9.17) is 32.7 Å². The maximum absolute atomic E-state index is 14.4. The predicted molar refractivity (Wildman–Crippen MR) is 174 cm³/mol. The van der Waals surface area contributed by atoms with Gasteiger partial charge in [0.05, 0.1) is 10.6 Å². The van der Waals surface area contributed by atoms with Gasteiger partial charge in [-0.2, -0.15) is 0 Å². The van der Waals surface area contributed by atoms with Crippen molar-refractivity contribution in [3.05, 3.63) is 82.1 Å². The van der Waals surface area contributed by atoms with Gasteiger partial charge in [-0.3, -0.25) is 13.9 Å². The van der Waals surface area contributed by atoms with E-state index in [2.05, 4.69) is 5.32 Å². The number of nitrogens with zero attached hydrogens (tertiary/aromatic N) is 2. The number of fused-ring (bicyclic) bond motifs is 1. The number of hydrogen-bond acceptors (Lipinski definition) is 6. The molecule has 1 aliphatic carbocycles. The lowest BCUT2D eigenvalue weighted by Gasteiger charge is -2.35. The Hall–Kier alpha value is -3.54. The summed E-state index contributed by atoms with van der Waals surface area (Å²) < 4.78 is 54.4. The first-order chi connectivity index (χ1) is 22.1. The maximum atomic E-state index is 14.4. The van der Waals surface area contributed by atoms with Gasteiger partial charge in [0.25, 0.3) is 10.0 Å². The minimum absolute atomic E-state index is 0.0116. The van der Waals surface area contributed by atoms with E-state index >= 15 is 0 Å². The number of ether oxygens (including phenoxy) is 2. The van der Waals surface area contributed by atoms with Crippen molar-refractivity contribution in [1.82, 2.24) is 10.2 Å². The van der Waals surface area contributed by atoms with Crippen LogP contribution < -0.4 is 19.1 Å². The van der Waals surface area contributed by atoms with Gasteiger partial charge in [-0.1, -0.05) is 55.5 Å². The third kappa shape index (κ3) is 7.70. The number of carbonyl (C=O) groups excluding carboxylic acids is 2. The molecule has 0 aromatic heterocycles. The normalized spacial score (nSPS) is 15.6. The summed E-state index contributed by atoms with van der Waals surface area (Å²) in [7, 11) is -4.42. The highest BCUT2D eigenvalue weighted by Crippen LogP contribution is 2.35. The number of nitrogens with one attached hydrogen (secondary N) is 1. The van der Waals surface area contributed by atoms with Gasteiger partial charge in [-0.25, -0.2) is 12.8 Å². The molecule has 3 aromatic rings. The molecular weight excluding hydrogens is 656 g/mol.